The Morgan fingerprint density at radius 2 is 2.03 bits per heavy atom. The number of halogens is 1. The Morgan fingerprint density at radius 1 is 1.30 bits per heavy atom. The van der Waals surface area contributed by atoms with Crippen LogP contribution in [0.25, 0.3) is 5.70 Å². The van der Waals surface area contributed by atoms with Crippen LogP contribution in [0.4, 0.5) is 4.39 Å². The van der Waals surface area contributed by atoms with Crippen molar-refractivity contribution < 1.29 is 14.3 Å². The molecule has 2 aliphatic rings. The summed E-state index contributed by atoms with van der Waals surface area (Å²) in [4.78, 5) is 26.3. The molecule has 3 rings (SSSR count). The summed E-state index contributed by atoms with van der Waals surface area (Å²) in [5.74, 6) is -0.930. The number of hydrogen-bond donors (Lipinski definition) is 2. The number of nitrogens with one attached hydrogen (secondary N) is 1. The fraction of sp³-hybridized carbons (Fsp3) is 0.391. The Hall–Kier alpha value is -2.93. The van der Waals surface area contributed by atoms with E-state index >= 15 is 0 Å². The molecule has 1 heterocycles. The number of carbonyl (C=O) groups excluding carboxylic acids is 1. The smallest absolute Gasteiger partial charge is 0.284 e. The van der Waals surface area contributed by atoms with E-state index in [-0.39, 0.29) is 17.9 Å². The molecule has 7 heteroatoms. The van der Waals surface area contributed by atoms with Crippen LogP contribution < -0.4 is 10.9 Å². The minimum atomic E-state index is -1.10. The molecular formula is C23H28FN3O3. The lowest BCUT2D eigenvalue weighted by atomic mass is 10.0. The molecular weight excluding hydrogens is 385 g/mol. The molecule has 1 aromatic heterocycles. The zero-order valence-electron chi connectivity index (χ0n) is 17.8. The maximum absolute atomic E-state index is 13.9. The van der Waals surface area contributed by atoms with E-state index in [0.717, 1.165) is 0 Å². The van der Waals surface area contributed by atoms with Crippen LogP contribution in [0, 0.1) is 6.92 Å². The molecule has 0 fully saturated rings. The summed E-state index contributed by atoms with van der Waals surface area (Å²) < 4.78 is 16.9. The molecule has 1 atom stereocenters. The lowest BCUT2D eigenvalue weighted by Gasteiger charge is -2.22. The summed E-state index contributed by atoms with van der Waals surface area (Å²) in [5, 5.41) is 13.1. The number of nitrogens with zero attached hydrogens (tertiary/aromatic N) is 2. The Bertz CT molecular complexity index is 1060. The van der Waals surface area contributed by atoms with Crippen molar-refractivity contribution in [1.82, 2.24) is 14.7 Å². The Kier molecular flexibility index (Phi) is 6.12. The highest BCUT2D eigenvalue weighted by Crippen LogP contribution is 2.21. The number of carbonyl (C=O) groups is 1. The summed E-state index contributed by atoms with van der Waals surface area (Å²) in [6, 6.07) is -0.521. The van der Waals surface area contributed by atoms with Gasteiger partial charge in [-0.3, -0.25) is 14.3 Å². The van der Waals surface area contributed by atoms with Crippen LogP contribution in [0.15, 0.2) is 58.7 Å². The molecule has 0 aliphatic heterocycles. The van der Waals surface area contributed by atoms with E-state index in [2.05, 4.69) is 5.32 Å². The normalized spacial score (nSPS) is 19.1. The SMILES string of the molecule is CC1=CCC(NC(=O)c2c(C)n(CC(C)(C)O)n(C3=CCC=CC=C3)c2=O)C=C1F. The van der Waals surface area contributed by atoms with Gasteiger partial charge in [-0.25, -0.2) is 9.07 Å². The van der Waals surface area contributed by atoms with Crippen molar-refractivity contribution in [3.05, 3.63) is 75.5 Å². The van der Waals surface area contributed by atoms with Crippen LogP contribution in [0.3, 0.4) is 0 Å². The molecule has 30 heavy (non-hydrogen) atoms. The fourth-order valence-electron chi connectivity index (χ4n) is 3.57. The third-order valence-electron chi connectivity index (χ3n) is 5.10. The zero-order valence-corrected chi connectivity index (χ0v) is 17.8. The highest BCUT2D eigenvalue weighted by atomic mass is 19.1. The van der Waals surface area contributed by atoms with Crippen molar-refractivity contribution in [3.8, 4) is 0 Å². The van der Waals surface area contributed by atoms with Gasteiger partial charge < -0.3 is 10.4 Å². The van der Waals surface area contributed by atoms with E-state index in [4.69, 9.17) is 0 Å². The monoisotopic (exact) mass is 413 g/mol. The highest BCUT2D eigenvalue weighted by Gasteiger charge is 2.28. The molecule has 1 aromatic rings. The minimum Gasteiger partial charge on any atom is -0.389 e. The number of aliphatic hydroxyl groups is 1. The number of aromatic nitrogens is 2. The van der Waals surface area contributed by atoms with E-state index in [0.29, 0.717) is 29.8 Å². The van der Waals surface area contributed by atoms with Gasteiger partial charge in [-0.05, 0) is 58.3 Å². The molecule has 6 nitrogen and oxygen atoms in total. The van der Waals surface area contributed by atoms with Crippen LogP contribution >= 0.6 is 0 Å². The Balaban J connectivity index is 2.03. The van der Waals surface area contributed by atoms with Gasteiger partial charge in [-0.15, -0.1) is 0 Å². The molecule has 1 amide bonds. The molecule has 160 valence electrons. The first-order chi connectivity index (χ1) is 14.1. The average molecular weight is 413 g/mol. The number of rotatable bonds is 5. The Labute approximate surface area is 175 Å². The second-order valence-electron chi connectivity index (χ2n) is 8.32. The van der Waals surface area contributed by atoms with Crippen LogP contribution in [-0.2, 0) is 6.54 Å². The van der Waals surface area contributed by atoms with Gasteiger partial charge >= 0.3 is 0 Å². The quantitative estimate of drug-likeness (QED) is 0.777. The van der Waals surface area contributed by atoms with E-state index in [1.165, 1.54) is 10.8 Å². The van der Waals surface area contributed by atoms with Gasteiger partial charge in [0.05, 0.1) is 29.6 Å². The van der Waals surface area contributed by atoms with Crippen LogP contribution in [-0.4, -0.2) is 32.0 Å². The number of allylic oxidation sites excluding steroid dienone is 8. The summed E-state index contributed by atoms with van der Waals surface area (Å²) in [5.41, 5.74) is 0.0221. The van der Waals surface area contributed by atoms with Gasteiger partial charge in [0, 0.05) is 0 Å². The number of amides is 1. The van der Waals surface area contributed by atoms with Crippen molar-refractivity contribution in [2.45, 2.75) is 58.7 Å². The summed E-state index contributed by atoms with van der Waals surface area (Å²) in [6.45, 7) is 6.76. The predicted octanol–water partition coefficient (Wildman–Crippen LogP) is 3.39. The summed E-state index contributed by atoms with van der Waals surface area (Å²) in [6.07, 6.45) is 13.5. The Morgan fingerprint density at radius 3 is 2.70 bits per heavy atom. The zero-order chi connectivity index (χ0) is 22.1. The lowest BCUT2D eigenvalue weighted by molar-refractivity contribution is 0.0548. The molecule has 0 saturated heterocycles. The van der Waals surface area contributed by atoms with Crippen molar-refractivity contribution in [1.29, 1.82) is 0 Å². The van der Waals surface area contributed by atoms with Gasteiger partial charge in [0.25, 0.3) is 11.5 Å². The standard InChI is InChI=1S/C23H28FN3O3/c1-15-11-12-17(13-19(15)24)25-21(28)20-16(2)26(14-23(3,4)30)27(22(20)29)18-9-7-5-6-8-10-18/h5-7,9-11,13,17,30H,8,12,14H2,1-4H3,(H,25,28). The average Bonchev–Trinajstić information content (AvgIpc) is 2.83. The van der Waals surface area contributed by atoms with Crippen LogP contribution in [0.2, 0.25) is 0 Å². The fourth-order valence-corrected chi connectivity index (χ4v) is 3.57. The third-order valence-corrected chi connectivity index (χ3v) is 5.10. The molecule has 0 radical (unpaired) electrons. The molecule has 2 N–H and O–H groups in total. The van der Waals surface area contributed by atoms with E-state index < -0.39 is 23.1 Å². The third kappa shape index (κ3) is 4.62. The van der Waals surface area contributed by atoms with E-state index in [1.807, 2.05) is 24.3 Å². The first-order valence-corrected chi connectivity index (χ1v) is 10.0. The maximum atomic E-state index is 13.9. The first kappa shape index (κ1) is 21.8. The van der Waals surface area contributed by atoms with Crippen molar-refractivity contribution in [3.63, 3.8) is 0 Å². The van der Waals surface area contributed by atoms with Crippen molar-refractivity contribution in [2.75, 3.05) is 0 Å². The second-order valence-corrected chi connectivity index (χ2v) is 8.32. The molecule has 1 unspecified atom stereocenters. The molecule has 0 bridgehead atoms. The van der Waals surface area contributed by atoms with Crippen LogP contribution in [0.5, 0.6) is 0 Å². The first-order valence-electron chi connectivity index (χ1n) is 10.0. The molecule has 0 aromatic carbocycles. The lowest BCUT2D eigenvalue weighted by Crippen LogP contribution is -2.37. The molecule has 2 aliphatic carbocycles. The van der Waals surface area contributed by atoms with Crippen molar-refractivity contribution in [2.24, 2.45) is 0 Å². The predicted molar refractivity (Wildman–Crippen MR) is 116 cm³/mol. The molecule has 0 saturated carbocycles. The van der Waals surface area contributed by atoms with Gasteiger partial charge in [0.15, 0.2) is 0 Å². The van der Waals surface area contributed by atoms with E-state index in [1.54, 1.807) is 44.5 Å². The molecule has 0 spiro atoms. The van der Waals surface area contributed by atoms with Gasteiger partial charge in [-0.1, -0.05) is 30.4 Å². The van der Waals surface area contributed by atoms with Crippen LogP contribution in [0.1, 0.15) is 49.7 Å². The van der Waals surface area contributed by atoms with E-state index in [9.17, 15) is 19.1 Å². The largest absolute Gasteiger partial charge is 0.389 e. The topological polar surface area (TPSA) is 76.3 Å². The van der Waals surface area contributed by atoms with Gasteiger partial charge in [0.1, 0.15) is 11.4 Å². The highest BCUT2D eigenvalue weighted by molar-refractivity contribution is 5.95. The van der Waals surface area contributed by atoms with Crippen molar-refractivity contribution >= 4 is 11.6 Å². The van der Waals surface area contributed by atoms with Gasteiger partial charge in [-0.2, -0.15) is 0 Å². The summed E-state index contributed by atoms with van der Waals surface area (Å²) >= 11 is 0. The number of hydrogen-bond acceptors (Lipinski definition) is 3. The maximum Gasteiger partial charge on any atom is 0.284 e. The minimum absolute atomic E-state index is 0.00848. The van der Waals surface area contributed by atoms with Gasteiger partial charge in [0.2, 0.25) is 0 Å². The second kappa shape index (κ2) is 8.44. The summed E-state index contributed by atoms with van der Waals surface area (Å²) in [7, 11) is 0.